The van der Waals surface area contributed by atoms with Crippen LogP contribution in [0, 0.1) is 5.92 Å². The molecule has 0 aliphatic carbocycles. The van der Waals surface area contributed by atoms with Gasteiger partial charge in [-0.05, 0) is 51.7 Å². The summed E-state index contributed by atoms with van der Waals surface area (Å²) < 4.78 is 0. The average molecular weight is 367 g/mol. The molecule has 1 fully saturated rings. The van der Waals surface area contributed by atoms with Crippen molar-refractivity contribution >= 4 is 22.4 Å². The Morgan fingerprint density at radius 3 is 2.76 bits per heavy atom. The van der Waals surface area contributed by atoms with E-state index < -0.39 is 0 Å². The minimum atomic E-state index is 0.615. The van der Waals surface area contributed by atoms with Crippen LogP contribution in [0.15, 0.2) is 10.4 Å². The number of hydrogen-bond acceptors (Lipinski definition) is 5. The topological polar surface area (TPSA) is 55.8 Å². The molecule has 7 heteroatoms. The minimum absolute atomic E-state index is 0.615. The van der Waals surface area contributed by atoms with Crippen molar-refractivity contribution in [2.24, 2.45) is 10.9 Å². The first-order valence-corrected chi connectivity index (χ1v) is 10.3. The van der Waals surface area contributed by atoms with E-state index in [0.717, 1.165) is 42.2 Å². The van der Waals surface area contributed by atoms with Crippen LogP contribution in [0.25, 0.3) is 0 Å². The van der Waals surface area contributed by atoms with Crippen molar-refractivity contribution in [2.75, 3.05) is 51.7 Å². The number of likely N-dealkylation sites (tertiary alicyclic amines) is 1. The summed E-state index contributed by atoms with van der Waals surface area (Å²) in [7, 11) is 4.03. The van der Waals surface area contributed by atoms with Crippen LogP contribution in [0.1, 0.15) is 38.8 Å². The zero-order valence-electron chi connectivity index (χ0n) is 16.2. The van der Waals surface area contributed by atoms with Crippen molar-refractivity contribution in [1.82, 2.24) is 20.5 Å². The molecule has 2 heterocycles. The van der Waals surface area contributed by atoms with Gasteiger partial charge in [0, 0.05) is 32.6 Å². The third-order valence-electron chi connectivity index (χ3n) is 4.49. The fourth-order valence-corrected chi connectivity index (χ4v) is 3.62. The summed E-state index contributed by atoms with van der Waals surface area (Å²) in [4.78, 5) is 13.9. The van der Waals surface area contributed by atoms with Crippen LogP contribution in [0.2, 0.25) is 0 Å². The van der Waals surface area contributed by atoms with E-state index in [-0.39, 0.29) is 0 Å². The number of aliphatic imine (C=N–C) groups is 1. The number of hydrogen-bond donors (Lipinski definition) is 2. The molecule has 0 aromatic carbocycles. The summed E-state index contributed by atoms with van der Waals surface area (Å²) in [5, 5.41) is 9.87. The van der Waals surface area contributed by atoms with Gasteiger partial charge >= 0.3 is 0 Å². The molecular formula is C18H34N6S. The number of aromatic nitrogens is 1. The molecular weight excluding hydrogens is 332 g/mol. The van der Waals surface area contributed by atoms with Crippen LogP contribution in [-0.2, 0) is 6.54 Å². The largest absolute Gasteiger partial charge is 0.357 e. The molecule has 0 saturated carbocycles. The summed E-state index contributed by atoms with van der Waals surface area (Å²) in [5.74, 6) is 1.79. The predicted octanol–water partition coefficient (Wildman–Crippen LogP) is 2.39. The highest BCUT2D eigenvalue weighted by molar-refractivity contribution is 7.13. The van der Waals surface area contributed by atoms with E-state index >= 15 is 0 Å². The van der Waals surface area contributed by atoms with E-state index in [1.807, 2.05) is 19.0 Å². The highest BCUT2D eigenvalue weighted by atomic mass is 32.1. The van der Waals surface area contributed by atoms with Crippen molar-refractivity contribution < 1.29 is 0 Å². The Kier molecular flexibility index (Phi) is 8.48. The normalized spacial score (nSPS) is 16.9. The average Bonchev–Trinajstić information content (AvgIpc) is 3.07. The second-order valence-corrected chi connectivity index (χ2v) is 7.85. The molecule has 0 radical (unpaired) electrons. The maximum atomic E-state index is 4.66. The van der Waals surface area contributed by atoms with Gasteiger partial charge in [0.05, 0.1) is 12.2 Å². The fraction of sp³-hybridized carbons (Fsp3) is 0.778. The highest BCUT2D eigenvalue weighted by Crippen LogP contribution is 2.18. The minimum Gasteiger partial charge on any atom is -0.357 e. The van der Waals surface area contributed by atoms with Gasteiger partial charge in [-0.25, -0.2) is 9.98 Å². The van der Waals surface area contributed by atoms with Crippen LogP contribution in [0.3, 0.4) is 0 Å². The second-order valence-electron chi connectivity index (χ2n) is 7.02. The molecule has 6 nitrogen and oxygen atoms in total. The Morgan fingerprint density at radius 1 is 1.36 bits per heavy atom. The summed E-state index contributed by atoms with van der Waals surface area (Å²) in [6, 6.07) is 0. The van der Waals surface area contributed by atoms with Crippen LogP contribution < -0.4 is 15.5 Å². The number of guanidine groups is 1. The Hall–Kier alpha value is -1.34. The van der Waals surface area contributed by atoms with Gasteiger partial charge in [-0.15, -0.1) is 11.3 Å². The molecule has 1 aliphatic heterocycles. The molecule has 0 amide bonds. The lowest BCUT2D eigenvalue weighted by Gasteiger charge is -2.30. The summed E-state index contributed by atoms with van der Waals surface area (Å²) in [5.41, 5.74) is 1.02. The van der Waals surface area contributed by atoms with Gasteiger partial charge < -0.3 is 20.4 Å². The van der Waals surface area contributed by atoms with Gasteiger partial charge in [-0.3, -0.25) is 0 Å². The van der Waals surface area contributed by atoms with Gasteiger partial charge in [-0.1, -0.05) is 6.92 Å². The number of thiazole rings is 1. The smallest absolute Gasteiger partial charge is 0.191 e. The first-order valence-electron chi connectivity index (χ1n) is 9.44. The summed E-state index contributed by atoms with van der Waals surface area (Å²) in [6.45, 7) is 10.6. The van der Waals surface area contributed by atoms with Crippen molar-refractivity contribution in [1.29, 1.82) is 0 Å². The number of nitrogens with one attached hydrogen (secondary N) is 2. The van der Waals surface area contributed by atoms with Crippen molar-refractivity contribution in [2.45, 2.75) is 39.7 Å². The zero-order valence-corrected chi connectivity index (χ0v) is 17.0. The monoisotopic (exact) mass is 366 g/mol. The summed E-state index contributed by atoms with van der Waals surface area (Å²) >= 11 is 1.66. The van der Waals surface area contributed by atoms with Gasteiger partial charge in [0.1, 0.15) is 0 Å². The lowest BCUT2D eigenvalue weighted by Crippen LogP contribution is -2.39. The van der Waals surface area contributed by atoms with Crippen molar-refractivity contribution in [3.63, 3.8) is 0 Å². The van der Waals surface area contributed by atoms with E-state index in [4.69, 9.17) is 0 Å². The molecule has 142 valence electrons. The third kappa shape index (κ3) is 7.20. The maximum absolute atomic E-state index is 4.66. The molecule has 2 rings (SSSR count). The lowest BCUT2D eigenvalue weighted by atomic mass is 9.99. The molecule has 25 heavy (non-hydrogen) atoms. The lowest BCUT2D eigenvalue weighted by molar-refractivity contribution is 0.191. The Labute approximate surface area is 156 Å². The Bertz CT molecular complexity index is 519. The first kappa shape index (κ1) is 20.0. The first-order chi connectivity index (χ1) is 12.1. The second kappa shape index (κ2) is 10.6. The number of rotatable bonds is 8. The standard InChI is InChI=1S/C18H34N6S/c1-5-19-17(21-13-16-14-25-18(22-16)23(3)4)20-9-6-10-24-11-7-15(2)8-12-24/h14-15H,5-13H2,1-4H3,(H2,19,20,21). The maximum Gasteiger partial charge on any atom is 0.191 e. The highest BCUT2D eigenvalue weighted by Gasteiger charge is 2.14. The molecule has 2 N–H and O–H groups in total. The molecule has 1 aliphatic rings. The molecule has 0 unspecified atom stereocenters. The van der Waals surface area contributed by atoms with Crippen LogP contribution in [-0.4, -0.2) is 62.7 Å². The van der Waals surface area contributed by atoms with E-state index in [1.165, 1.54) is 32.5 Å². The van der Waals surface area contributed by atoms with Crippen LogP contribution >= 0.6 is 11.3 Å². The predicted molar refractivity (Wildman–Crippen MR) is 109 cm³/mol. The molecule has 1 aromatic heterocycles. The third-order valence-corrected chi connectivity index (χ3v) is 5.54. The molecule has 1 aromatic rings. The molecule has 0 spiro atoms. The van der Waals surface area contributed by atoms with E-state index in [2.05, 4.69) is 44.7 Å². The van der Waals surface area contributed by atoms with Gasteiger partial charge in [0.2, 0.25) is 0 Å². The number of piperidine rings is 1. The number of nitrogens with zero attached hydrogens (tertiary/aromatic N) is 4. The molecule has 1 saturated heterocycles. The SMILES string of the molecule is CCNC(=NCc1csc(N(C)C)n1)NCCCN1CCC(C)CC1. The molecule has 0 atom stereocenters. The zero-order chi connectivity index (χ0) is 18.1. The van der Waals surface area contributed by atoms with Gasteiger partial charge in [0.25, 0.3) is 0 Å². The Balaban J connectivity index is 1.71. The fourth-order valence-electron chi connectivity index (χ4n) is 2.87. The van der Waals surface area contributed by atoms with Gasteiger partial charge in [0.15, 0.2) is 11.1 Å². The van der Waals surface area contributed by atoms with E-state index in [0.29, 0.717) is 6.54 Å². The summed E-state index contributed by atoms with van der Waals surface area (Å²) in [6.07, 6.45) is 3.85. The van der Waals surface area contributed by atoms with Crippen LogP contribution in [0.5, 0.6) is 0 Å². The Morgan fingerprint density at radius 2 is 2.12 bits per heavy atom. The van der Waals surface area contributed by atoms with Crippen LogP contribution in [0.4, 0.5) is 5.13 Å². The van der Waals surface area contributed by atoms with Crippen molar-refractivity contribution in [3.8, 4) is 0 Å². The molecule has 0 bridgehead atoms. The van der Waals surface area contributed by atoms with E-state index in [1.54, 1.807) is 11.3 Å². The van der Waals surface area contributed by atoms with Crippen molar-refractivity contribution in [3.05, 3.63) is 11.1 Å². The number of anilines is 1. The quantitative estimate of drug-likeness (QED) is 0.420. The van der Waals surface area contributed by atoms with Gasteiger partial charge in [-0.2, -0.15) is 0 Å². The van der Waals surface area contributed by atoms with E-state index in [9.17, 15) is 0 Å².